The highest BCUT2D eigenvalue weighted by Gasteiger charge is 2.24. The molecule has 404 valence electrons. The standard InChI is InChI=1S/C62H121NO5/c1-4-7-10-13-16-19-22-25-28-30-33-35-38-41-44-47-50-53-58(68-62(67)55-52-49-46-43-40-37-34-31-29-26-23-20-17-14-11-8-5-2)56-61(66)63-59(57-64)60(65)54-51-48-45-42-39-36-32-27-24-21-18-15-12-9-6-3/h25,28,58-60,64-65H,4-24,26-27,29-57H2,1-3H3,(H,63,66)/b28-25+. The van der Waals surface area contributed by atoms with Gasteiger partial charge in [-0.15, -0.1) is 0 Å². The summed E-state index contributed by atoms with van der Waals surface area (Å²) >= 11 is 0. The molecule has 6 heteroatoms. The number of carbonyl (C=O) groups is 2. The van der Waals surface area contributed by atoms with Gasteiger partial charge in [0.25, 0.3) is 0 Å². The van der Waals surface area contributed by atoms with E-state index in [9.17, 15) is 19.8 Å². The lowest BCUT2D eigenvalue weighted by Crippen LogP contribution is -2.46. The van der Waals surface area contributed by atoms with Gasteiger partial charge in [-0.1, -0.05) is 296 Å². The van der Waals surface area contributed by atoms with Gasteiger partial charge in [-0.05, 0) is 51.4 Å². The van der Waals surface area contributed by atoms with Crippen LogP contribution in [0.15, 0.2) is 12.2 Å². The third-order valence-corrected chi connectivity index (χ3v) is 14.6. The largest absolute Gasteiger partial charge is 0.462 e. The highest BCUT2D eigenvalue weighted by atomic mass is 16.5. The number of ether oxygens (including phenoxy) is 1. The molecule has 0 fully saturated rings. The number of nitrogens with one attached hydrogen (secondary N) is 1. The first-order chi connectivity index (χ1) is 33.5. The van der Waals surface area contributed by atoms with Crippen LogP contribution in [0.4, 0.5) is 0 Å². The number of hydrogen-bond acceptors (Lipinski definition) is 5. The minimum absolute atomic E-state index is 0.0827. The molecule has 0 aliphatic carbocycles. The van der Waals surface area contributed by atoms with Gasteiger partial charge in [0.2, 0.25) is 5.91 Å². The second-order valence-corrected chi connectivity index (χ2v) is 21.5. The predicted molar refractivity (Wildman–Crippen MR) is 297 cm³/mol. The van der Waals surface area contributed by atoms with Crippen molar-refractivity contribution in [1.82, 2.24) is 5.32 Å². The number of unbranched alkanes of at least 4 members (excludes halogenated alkanes) is 43. The average molecular weight is 961 g/mol. The molecule has 0 spiro atoms. The zero-order chi connectivity index (χ0) is 49.5. The summed E-state index contributed by atoms with van der Waals surface area (Å²) in [5, 5.41) is 23.9. The first kappa shape index (κ1) is 66.6. The van der Waals surface area contributed by atoms with Gasteiger partial charge in [-0.2, -0.15) is 0 Å². The fraction of sp³-hybridized carbons (Fsp3) is 0.935. The van der Waals surface area contributed by atoms with Crippen LogP contribution in [0.1, 0.15) is 348 Å². The molecular formula is C62H121NO5. The monoisotopic (exact) mass is 960 g/mol. The van der Waals surface area contributed by atoms with E-state index < -0.39 is 18.2 Å². The van der Waals surface area contributed by atoms with Crippen LogP contribution in [0.2, 0.25) is 0 Å². The van der Waals surface area contributed by atoms with Gasteiger partial charge in [0.1, 0.15) is 6.10 Å². The molecule has 0 radical (unpaired) electrons. The molecular weight excluding hydrogens is 839 g/mol. The molecule has 0 heterocycles. The van der Waals surface area contributed by atoms with Crippen LogP contribution in [0.5, 0.6) is 0 Å². The third kappa shape index (κ3) is 51.0. The predicted octanol–water partition coefficient (Wildman–Crippen LogP) is 19.2. The molecule has 68 heavy (non-hydrogen) atoms. The van der Waals surface area contributed by atoms with E-state index in [1.54, 1.807) is 0 Å². The van der Waals surface area contributed by atoms with Crippen molar-refractivity contribution in [3.05, 3.63) is 12.2 Å². The van der Waals surface area contributed by atoms with Crippen LogP contribution in [0.25, 0.3) is 0 Å². The summed E-state index contributed by atoms with van der Waals surface area (Å²) in [6, 6.07) is -0.698. The summed E-state index contributed by atoms with van der Waals surface area (Å²) in [5.74, 6) is -0.451. The summed E-state index contributed by atoms with van der Waals surface area (Å²) in [7, 11) is 0. The van der Waals surface area contributed by atoms with E-state index in [1.807, 2.05) is 0 Å². The quantitative estimate of drug-likeness (QED) is 0.0321. The van der Waals surface area contributed by atoms with Crippen molar-refractivity contribution in [2.24, 2.45) is 0 Å². The van der Waals surface area contributed by atoms with Gasteiger partial charge in [-0.3, -0.25) is 9.59 Å². The third-order valence-electron chi connectivity index (χ3n) is 14.6. The summed E-state index contributed by atoms with van der Waals surface area (Å²) in [6.45, 7) is 6.54. The molecule has 0 saturated heterocycles. The number of aliphatic hydroxyl groups is 2. The number of allylic oxidation sites excluding steroid dienone is 2. The Morgan fingerprint density at radius 1 is 0.412 bits per heavy atom. The first-order valence-corrected chi connectivity index (χ1v) is 30.9. The van der Waals surface area contributed by atoms with E-state index in [2.05, 4.69) is 38.2 Å². The molecule has 0 bridgehead atoms. The van der Waals surface area contributed by atoms with Gasteiger partial charge >= 0.3 is 5.97 Å². The minimum Gasteiger partial charge on any atom is -0.462 e. The normalized spacial score (nSPS) is 13.1. The van der Waals surface area contributed by atoms with Gasteiger partial charge in [0.05, 0.1) is 25.2 Å². The van der Waals surface area contributed by atoms with Crippen molar-refractivity contribution in [2.45, 2.75) is 366 Å². The fourth-order valence-corrected chi connectivity index (χ4v) is 9.90. The van der Waals surface area contributed by atoms with E-state index in [0.717, 1.165) is 51.4 Å². The number of amides is 1. The molecule has 0 aromatic heterocycles. The summed E-state index contributed by atoms with van der Waals surface area (Å²) in [4.78, 5) is 26.3. The molecule has 3 atom stereocenters. The zero-order valence-corrected chi connectivity index (χ0v) is 46.3. The van der Waals surface area contributed by atoms with Crippen LogP contribution < -0.4 is 5.32 Å². The number of aliphatic hydroxyl groups excluding tert-OH is 2. The Balaban J connectivity index is 4.50. The topological polar surface area (TPSA) is 95.9 Å². The van der Waals surface area contributed by atoms with E-state index in [-0.39, 0.29) is 24.9 Å². The van der Waals surface area contributed by atoms with Crippen molar-refractivity contribution in [2.75, 3.05) is 6.61 Å². The van der Waals surface area contributed by atoms with Crippen molar-refractivity contribution in [3.8, 4) is 0 Å². The Morgan fingerprint density at radius 2 is 0.706 bits per heavy atom. The van der Waals surface area contributed by atoms with Crippen LogP contribution in [0, 0.1) is 0 Å². The summed E-state index contributed by atoms with van der Waals surface area (Å²) < 4.78 is 5.98. The highest BCUT2D eigenvalue weighted by molar-refractivity contribution is 5.77. The maximum absolute atomic E-state index is 13.3. The molecule has 3 unspecified atom stereocenters. The molecule has 0 saturated carbocycles. The van der Waals surface area contributed by atoms with Crippen molar-refractivity contribution in [3.63, 3.8) is 0 Å². The Labute approximate surface area is 425 Å². The second kappa shape index (κ2) is 56.5. The van der Waals surface area contributed by atoms with Gasteiger partial charge in [0.15, 0.2) is 0 Å². The fourth-order valence-electron chi connectivity index (χ4n) is 9.90. The van der Waals surface area contributed by atoms with Crippen molar-refractivity contribution in [1.29, 1.82) is 0 Å². The molecule has 0 aliphatic heterocycles. The molecule has 0 aromatic carbocycles. The van der Waals surface area contributed by atoms with Gasteiger partial charge in [-0.25, -0.2) is 0 Å². The molecule has 0 rings (SSSR count). The van der Waals surface area contributed by atoms with Crippen LogP contribution in [0.3, 0.4) is 0 Å². The Kier molecular flexibility index (Phi) is 55.3. The van der Waals surface area contributed by atoms with E-state index >= 15 is 0 Å². The Hall–Kier alpha value is -1.40. The lowest BCUT2D eigenvalue weighted by atomic mass is 10.0. The molecule has 1 amide bonds. The maximum Gasteiger partial charge on any atom is 0.306 e. The Morgan fingerprint density at radius 3 is 1.04 bits per heavy atom. The highest BCUT2D eigenvalue weighted by Crippen LogP contribution is 2.19. The van der Waals surface area contributed by atoms with E-state index in [1.165, 1.54) is 250 Å². The number of rotatable bonds is 57. The average Bonchev–Trinajstić information content (AvgIpc) is 3.33. The second-order valence-electron chi connectivity index (χ2n) is 21.5. The lowest BCUT2D eigenvalue weighted by Gasteiger charge is -2.24. The first-order valence-electron chi connectivity index (χ1n) is 30.9. The van der Waals surface area contributed by atoms with Crippen molar-refractivity contribution >= 4 is 11.9 Å². The van der Waals surface area contributed by atoms with Gasteiger partial charge in [0, 0.05) is 6.42 Å². The summed E-state index contributed by atoms with van der Waals surface area (Å²) in [6.07, 6.45) is 65.7. The van der Waals surface area contributed by atoms with E-state index in [0.29, 0.717) is 19.3 Å². The Bertz CT molecular complexity index is 1030. The molecule has 0 aliphatic rings. The van der Waals surface area contributed by atoms with Gasteiger partial charge < -0.3 is 20.3 Å². The number of carbonyl (C=O) groups excluding carboxylic acids is 2. The van der Waals surface area contributed by atoms with Crippen LogP contribution >= 0.6 is 0 Å². The van der Waals surface area contributed by atoms with Crippen LogP contribution in [-0.4, -0.2) is 46.9 Å². The summed E-state index contributed by atoms with van der Waals surface area (Å²) in [5.41, 5.74) is 0. The number of hydrogen-bond donors (Lipinski definition) is 3. The number of esters is 1. The zero-order valence-electron chi connectivity index (χ0n) is 46.3. The van der Waals surface area contributed by atoms with E-state index in [4.69, 9.17) is 4.74 Å². The molecule has 0 aromatic rings. The lowest BCUT2D eigenvalue weighted by molar-refractivity contribution is -0.151. The smallest absolute Gasteiger partial charge is 0.306 e. The van der Waals surface area contributed by atoms with Crippen molar-refractivity contribution < 1.29 is 24.5 Å². The molecule has 6 nitrogen and oxygen atoms in total. The minimum atomic E-state index is -0.784. The maximum atomic E-state index is 13.3. The van der Waals surface area contributed by atoms with Crippen LogP contribution in [-0.2, 0) is 14.3 Å². The SMILES string of the molecule is CCCCCCCC/C=C/CCCCCCCCCC(CC(=O)NC(CO)C(O)CCCCCCCCCCCCCCCCC)OC(=O)CCCCCCCCCCCCCCCCCCC. The molecule has 3 N–H and O–H groups in total.